The zero-order valence-corrected chi connectivity index (χ0v) is 10.8. The summed E-state index contributed by atoms with van der Waals surface area (Å²) in [6.07, 6.45) is 0.836. The van der Waals surface area contributed by atoms with Crippen molar-refractivity contribution < 1.29 is 4.79 Å². The van der Waals surface area contributed by atoms with Gasteiger partial charge in [-0.2, -0.15) is 0 Å². The third-order valence-corrected chi connectivity index (χ3v) is 2.92. The van der Waals surface area contributed by atoms with Crippen LogP contribution in [0.3, 0.4) is 0 Å². The van der Waals surface area contributed by atoms with E-state index >= 15 is 0 Å². The van der Waals surface area contributed by atoms with Crippen LogP contribution in [0.5, 0.6) is 0 Å². The van der Waals surface area contributed by atoms with Gasteiger partial charge in [0.1, 0.15) is 0 Å². The fourth-order valence-corrected chi connectivity index (χ4v) is 1.95. The molecule has 0 spiro atoms. The highest BCUT2D eigenvalue weighted by atomic mass is 35.5. The molecule has 0 aliphatic rings. The number of halogens is 1. The van der Waals surface area contributed by atoms with Crippen LogP contribution < -0.4 is 0 Å². The van der Waals surface area contributed by atoms with Gasteiger partial charge in [0, 0.05) is 18.0 Å². The molecule has 16 heavy (non-hydrogen) atoms. The van der Waals surface area contributed by atoms with E-state index in [9.17, 15) is 4.79 Å². The van der Waals surface area contributed by atoms with E-state index in [2.05, 4.69) is 0 Å². The van der Waals surface area contributed by atoms with Crippen molar-refractivity contribution in [2.24, 2.45) is 5.92 Å². The number of benzene rings is 1. The molecule has 0 aliphatic carbocycles. The Balaban J connectivity index is 2.87. The van der Waals surface area contributed by atoms with Gasteiger partial charge in [-0.25, -0.2) is 0 Å². The van der Waals surface area contributed by atoms with E-state index in [1.807, 2.05) is 38.1 Å². The molecule has 0 amide bonds. The summed E-state index contributed by atoms with van der Waals surface area (Å²) < 4.78 is 0. The van der Waals surface area contributed by atoms with E-state index in [4.69, 9.17) is 11.6 Å². The molecule has 0 radical (unpaired) electrons. The van der Waals surface area contributed by atoms with Crippen LogP contribution in [0.4, 0.5) is 0 Å². The van der Waals surface area contributed by atoms with Crippen molar-refractivity contribution in [1.29, 1.82) is 0 Å². The van der Waals surface area contributed by atoms with Crippen LogP contribution in [0.2, 0.25) is 5.02 Å². The molecule has 0 heterocycles. The quantitative estimate of drug-likeness (QED) is 0.736. The molecule has 1 unspecified atom stereocenters. The monoisotopic (exact) mass is 239 g/mol. The Morgan fingerprint density at radius 2 is 2.00 bits per heavy atom. The predicted molar refractivity (Wildman–Crippen MR) is 68.1 cm³/mol. The molecular formula is C13H18ClNO. The first-order chi connectivity index (χ1) is 7.56. The normalized spacial score (nSPS) is 12.8. The van der Waals surface area contributed by atoms with Crippen LogP contribution >= 0.6 is 11.6 Å². The van der Waals surface area contributed by atoms with Crippen LogP contribution in [0.15, 0.2) is 24.3 Å². The third-order valence-electron chi connectivity index (χ3n) is 2.59. The average Bonchev–Trinajstić information content (AvgIpc) is 2.25. The maximum absolute atomic E-state index is 12.2. The number of carbonyl (C=O) groups excluding carboxylic acids is 1. The van der Waals surface area contributed by atoms with Crippen LogP contribution in [0.25, 0.3) is 0 Å². The zero-order chi connectivity index (χ0) is 12.1. The van der Waals surface area contributed by atoms with Gasteiger partial charge in [0.2, 0.25) is 0 Å². The van der Waals surface area contributed by atoms with E-state index in [1.165, 1.54) is 0 Å². The minimum absolute atomic E-state index is 0.0231. The molecule has 3 heteroatoms. The maximum atomic E-state index is 12.2. The number of carbonyl (C=O) groups is 1. The van der Waals surface area contributed by atoms with E-state index in [1.54, 1.807) is 12.1 Å². The smallest absolute Gasteiger partial charge is 0.168 e. The van der Waals surface area contributed by atoms with Crippen molar-refractivity contribution in [1.82, 2.24) is 4.90 Å². The van der Waals surface area contributed by atoms with Crippen molar-refractivity contribution >= 4 is 17.4 Å². The van der Waals surface area contributed by atoms with Crippen molar-refractivity contribution in [2.75, 3.05) is 20.6 Å². The summed E-state index contributed by atoms with van der Waals surface area (Å²) in [4.78, 5) is 14.3. The highest BCUT2D eigenvalue weighted by Gasteiger charge is 2.20. The number of rotatable bonds is 5. The second kappa shape index (κ2) is 6.02. The zero-order valence-electron chi connectivity index (χ0n) is 10.0. The fourth-order valence-electron chi connectivity index (χ4n) is 1.72. The van der Waals surface area contributed by atoms with Crippen molar-refractivity contribution in [3.63, 3.8) is 0 Å². The molecule has 88 valence electrons. The van der Waals surface area contributed by atoms with Crippen LogP contribution in [-0.4, -0.2) is 31.3 Å². The Kier molecular flexibility index (Phi) is 4.97. The minimum Gasteiger partial charge on any atom is -0.309 e. The van der Waals surface area contributed by atoms with Crippen molar-refractivity contribution in [3.8, 4) is 0 Å². The lowest BCUT2D eigenvalue weighted by Crippen LogP contribution is -2.27. The van der Waals surface area contributed by atoms with E-state index < -0.39 is 0 Å². The lowest BCUT2D eigenvalue weighted by Gasteiger charge is -2.18. The molecule has 0 aromatic heterocycles. The molecular weight excluding hydrogens is 222 g/mol. The van der Waals surface area contributed by atoms with Crippen LogP contribution in [0.1, 0.15) is 23.7 Å². The Labute approximate surface area is 102 Å². The Bertz CT molecular complexity index is 363. The molecule has 0 N–H and O–H groups in total. The second-order valence-electron chi connectivity index (χ2n) is 4.21. The fraction of sp³-hybridized carbons (Fsp3) is 0.462. The standard InChI is InChI=1S/C13H18ClNO/c1-4-10(9-15(2)3)13(16)11-7-5-6-8-12(11)14/h5-8,10H,4,9H2,1-3H3. The summed E-state index contributed by atoms with van der Waals surface area (Å²) in [5.74, 6) is 0.164. The van der Waals surface area contributed by atoms with Gasteiger partial charge in [-0.15, -0.1) is 0 Å². The van der Waals surface area contributed by atoms with Gasteiger partial charge in [0.15, 0.2) is 5.78 Å². The van der Waals surface area contributed by atoms with E-state index in [0.29, 0.717) is 10.6 Å². The summed E-state index contributed by atoms with van der Waals surface area (Å²) in [6, 6.07) is 7.24. The molecule has 0 saturated carbocycles. The van der Waals surface area contributed by atoms with Gasteiger partial charge in [0.05, 0.1) is 5.02 Å². The van der Waals surface area contributed by atoms with E-state index in [-0.39, 0.29) is 11.7 Å². The van der Waals surface area contributed by atoms with Crippen LogP contribution in [0, 0.1) is 5.92 Å². The lowest BCUT2D eigenvalue weighted by atomic mass is 9.95. The van der Waals surface area contributed by atoms with Gasteiger partial charge >= 0.3 is 0 Å². The first kappa shape index (κ1) is 13.2. The highest BCUT2D eigenvalue weighted by molar-refractivity contribution is 6.34. The lowest BCUT2D eigenvalue weighted by molar-refractivity contribution is 0.0894. The molecule has 1 atom stereocenters. The SMILES string of the molecule is CCC(CN(C)C)C(=O)c1ccccc1Cl. The van der Waals surface area contributed by atoms with E-state index in [0.717, 1.165) is 13.0 Å². The maximum Gasteiger partial charge on any atom is 0.168 e. The van der Waals surface area contributed by atoms with Gasteiger partial charge in [-0.05, 0) is 32.6 Å². The first-order valence-electron chi connectivity index (χ1n) is 5.49. The third kappa shape index (κ3) is 3.32. The summed E-state index contributed by atoms with van der Waals surface area (Å²) in [5, 5.41) is 0.546. The summed E-state index contributed by atoms with van der Waals surface area (Å²) >= 11 is 6.02. The predicted octanol–water partition coefficient (Wildman–Crippen LogP) is 3.11. The van der Waals surface area contributed by atoms with Crippen molar-refractivity contribution in [3.05, 3.63) is 34.9 Å². The number of hydrogen-bond acceptors (Lipinski definition) is 2. The largest absolute Gasteiger partial charge is 0.309 e. The molecule has 0 aliphatic heterocycles. The molecule has 1 aromatic rings. The Morgan fingerprint density at radius 1 is 1.38 bits per heavy atom. The summed E-state index contributed by atoms with van der Waals surface area (Å²) in [5.41, 5.74) is 0.637. The number of ketones is 1. The Morgan fingerprint density at radius 3 is 2.50 bits per heavy atom. The minimum atomic E-state index is 0.0231. The first-order valence-corrected chi connectivity index (χ1v) is 5.87. The molecule has 0 fully saturated rings. The number of Topliss-reactive ketones (excluding diaryl/α,β-unsaturated/α-hetero) is 1. The van der Waals surface area contributed by atoms with Crippen LogP contribution in [-0.2, 0) is 0 Å². The van der Waals surface area contributed by atoms with Crippen molar-refractivity contribution in [2.45, 2.75) is 13.3 Å². The topological polar surface area (TPSA) is 20.3 Å². The van der Waals surface area contributed by atoms with Gasteiger partial charge < -0.3 is 4.90 Å². The molecule has 0 saturated heterocycles. The number of hydrogen-bond donors (Lipinski definition) is 0. The van der Waals surface area contributed by atoms with Gasteiger partial charge in [0.25, 0.3) is 0 Å². The average molecular weight is 240 g/mol. The summed E-state index contributed by atoms with van der Waals surface area (Å²) in [7, 11) is 3.95. The number of nitrogens with zero attached hydrogens (tertiary/aromatic N) is 1. The summed E-state index contributed by atoms with van der Waals surface area (Å²) in [6.45, 7) is 2.80. The second-order valence-corrected chi connectivity index (χ2v) is 4.62. The highest BCUT2D eigenvalue weighted by Crippen LogP contribution is 2.20. The molecule has 1 rings (SSSR count). The van der Waals surface area contributed by atoms with Gasteiger partial charge in [-0.1, -0.05) is 30.7 Å². The molecule has 2 nitrogen and oxygen atoms in total. The Hall–Kier alpha value is -0.860. The van der Waals surface area contributed by atoms with Gasteiger partial charge in [-0.3, -0.25) is 4.79 Å². The molecule has 1 aromatic carbocycles. The molecule has 0 bridgehead atoms.